The number of benzene rings is 2. The van der Waals surface area contributed by atoms with E-state index in [2.05, 4.69) is 19.1 Å². The SMILES string of the molecule is CCCc1ccc(OCCOc2ccc(C=C(C#N)C(=O)O)cc2OCC)cc1. The molecule has 0 heterocycles. The van der Waals surface area contributed by atoms with Gasteiger partial charge in [0.05, 0.1) is 6.61 Å². The summed E-state index contributed by atoms with van der Waals surface area (Å²) < 4.78 is 17.0. The maximum atomic E-state index is 11.0. The van der Waals surface area contributed by atoms with Crippen molar-refractivity contribution in [3.05, 3.63) is 59.2 Å². The van der Waals surface area contributed by atoms with E-state index in [1.807, 2.05) is 19.1 Å². The third-order valence-corrected chi connectivity index (χ3v) is 4.00. The summed E-state index contributed by atoms with van der Waals surface area (Å²) in [6.45, 7) is 5.11. The molecule has 0 aromatic heterocycles. The van der Waals surface area contributed by atoms with Crippen molar-refractivity contribution in [2.75, 3.05) is 19.8 Å². The average Bonchev–Trinajstić information content (AvgIpc) is 2.72. The fourth-order valence-corrected chi connectivity index (χ4v) is 2.66. The van der Waals surface area contributed by atoms with Crippen LogP contribution in [-0.4, -0.2) is 30.9 Å². The number of ether oxygens (including phenoxy) is 3. The highest BCUT2D eigenvalue weighted by molar-refractivity contribution is 5.96. The van der Waals surface area contributed by atoms with E-state index in [1.54, 1.807) is 24.3 Å². The normalized spacial score (nSPS) is 10.9. The maximum Gasteiger partial charge on any atom is 0.346 e. The zero-order valence-electron chi connectivity index (χ0n) is 16.7. The van der Waals surface area contributed by atoms with Gasteiger partial charge in [0.25, 0.3) is 0 Å². The smallest absolute Gasteiger partial charge is 0.346 e. The molecule has 0 aliphatic rings. The van der Waals surface area contributed by atoms with Gasteiger partial charge >= 0.3 is 5.97 Å². The van der Waals surface area contributed by atoms with E-state index in [0.29, 0.717) is 36.9 Å². The summed E-state index contributed by atoms with van der Waals surface area (Å²) in [7, 11) is 0. The van der Waals surface area contributed by atoms with Crippen molar-refractivity contribution >= 4 is 12.0 Å². The van der Waals surface area contributed by atoms with Gasteiger partial charge in [-0.05, 0) is 54.8 Å². The molecule has 0 fully saturated rings. The average molecular weight is 395 g/mol. The van der Waals surface area contributed by atoms with Crippen LogP contribution < -0.4 is 14.2 Å². The highest BCUT2D eigenvalue weighted by Gasteiger charge is 2.09. The van der Waals surface area contributed by atoms with Crippen LogP contribution >= 0.6 is 0 Å². The third-order valence-electron chi connectivity index (χ3n) is 4.00. The van der Waals surface area contributed by atoms with Crippen molar-refractivity contribution in [1.82, 2.24) is 0 Å². The Labute approximate surface area is 171 Å². The molecule has 0 atom stereocenters. The number of aryl methyl sites for hydroxylation is 1. The number of carboxylic acids is 1. The first-order chi connectivity index (χ1) is 14.1. The van der Waals surface area contributed by atoms with Crippen LogP contribution in [0.4, 0.5) is 0 Å². The van der Waals surface area contributed by atoms with E-state index >= 15 is 0 Å². The lowest BCUT2D eigenvalue weighted by Crippen LogP contribution is -2.10. The summed E-state index contributed by atoms with van der Waals surface area (Å²) in [5.74, 6) is 0.523. The monoisotopic (exact) mass is 395 g/mol. The molecule has 0 saturated heterocycles. The van der Waals surface area contributed by atoms with Crippen molar-refractivity contribution in [2.45, 2.75) is 26.7 Å². The van der Waals surface area contributed by atoms with Gasteiger partial charge in [0, 0.05) is 0 Å². The Balaban J connectivity index is 1.97. The summed E-state index contributed by atoms with van der Waals surface area (Å²) >= 11 is 0. The molecule has 0 radical (unpaired) electrons. The Morgan fingerprint density at radius 2 is 1.76 bits per heavy atom. The second-order valence-electron chi connectivity index (χ2n) is 6.21. The molecule has 1 N–H and O–H groups in total. The molecular formula is C23H25NO5. The van der Waals surface area contributed by atoms with Crippen molar-refractivity contribution in [2.24, 2.45) is 0 Å². The zero-order chi connectivity index (χ0) is 21.1. The van der Waals surface area contributed by atoms with Crippen LogP contribution in [-0.2, 0) is 11.2 Å². The van der Waals surface area contributed by atoms with E-state index in [9.17, 15) is 4.79 Å². The highest BCUT2D eigenvalue weighted by atomic mass is 16.5. The zero-order valence-corrected chi connectivity index (χ0v) is 16.7. The van der Waals surface area contributed by atoms with Gasteiger partial charge in [0.15, 0.2) is 11.5 Å². The molecule has 0 aliphatic carbocycles. The summed E-state index contributed by atoms with van der Waals surface area (Å²) in [5, 5.41) is 17.9. The molecule has 0 amide bonds. The lowest BCUT2D eigenvalue weighted by molar-refractivity contribution is -0.132. The van der Waals surface area contributed by atoms with Gasteiger partial charge in [0.2, 0.25) is 0 Å². The second-order valence-corrected chi connectivity index (χ2v) is 6.21. The lowest BCUT2D eigenvalue weighted by Gasteiger charge is -2.13. The van der Waals surface area contributed by atoms with Crippen LogP contribution in [0.5, 0.6) is 17.2 Å². The first kappa shape index (κ1) is 21.8. The van der Waals surface area contributed by atoms with Crippen LogP contribution in [0.2, 0.25) is 0 Å². The summed E-state index contributed by atoms with van der Waals surface area (Å²) in [6.07, 6.45) is 3.45. The highest BCUT2D eigenvalue weighted by Crippen LogP contribution is 2.29. The molecule has 2 aromatic rings. The van der Waals surface area contributed by atoms with Gasteiger partial charge in [-0.1, -0.05) is 31.5 Å². The van der Waals surface area contributed by atoms with Gasteiger partial charge in [-0.2, -0.15) is 5.26 Å². The first-order valence-electron chi connectivity index (χ1n) is 9.53. The van der Waals surface area contributed by atoms with Gasteiger partial charge in [-0.3, -0.25) is 0 Å². The molecule has 0 bridgehead atoms. The summed E-state index contributed by atoms with van der Waals surface area (Å²) in [4.78, 5) is 11.0. The molecule has 0 saturated carbocycles. The number of nitriles is 1. The quantitative estimate of drug-likeness (QED) is 0.343. The standard InChI is InChI=1S/C23H25NO5/c1-3-5-17-6-9-20(10-7-17)28-12-13-29-21-11-8-18(15-22(21)27-4-2)14-19(16-24)23(25)26/h6-11,14-15H,3-5,12-13H2,1-2H3,(H,25,26). The van der Waals surface area contributed by atoms with Gasteiger partial charge in [-0.25, -0.2) is 4.79 Å². The molecule has 6 nitrogen and oxygen atoms in total. The largest absolute Gasteiger partial charge is 0.490 e. The van der Waals surface area contributed by atoms with E-state index < -0.39 is 5.97 Å². The minimum Gasteiger partial charge on any atom is -0.490 e. The predicted octanol–water partition coefficient (Wildman–Crippen LogP) is 4.49. The van der Waals surface area contributed by atoms with E-state index in [4.69, 9.17) is 24.6 Å². The topological polar surface area (TPSA) is 88.8 Å². The Kier molecular flexibility index (Phi) is 8.58. The van der Waals surface area contributed by atoms with E-state index in [1.165, 1.54) is 11.6 Å². The van der Waals surface area contributed by atoms with Crippen LogP contribution in [0, 0.1) is 11.3 Å². The van der Waals surface area contributed by atoms with Crippen LogP contribution in [0.15, 0.2) is 48.0 Å². The van der Waals surface area contributed by atoms with E-state index in [0.717, 1.165) is 18.6 Å². The minimum absolute atomic E-state index is 0.324. The fourth-order valence-electron chi connectivity index (χ4n) is 2.66. The number of carbonyl (C=O) groups is 1. The molecular weight excluding hydrogens is 370 g/mol. The Hall–Kier alpha value is -3.46. The van der Waals surface area contributed by atoms with Crippen LogP contribution in [0.3, 0.4) is 0 Å². The van der Waals surface area contributed by atoms with Crippen molar-refractivity contribution in [3.63, 3.8) is 0 Å². The molecule has 29 heavy (non-hydrogen) atoms. The number of rotatable bonds is 11. The van der Waals surface area contributed by atoms with Gasteiger partial charge in [-0.15, -0.1) is 0 Å². The number of nitrogens with zero attached hydrogens (tertiary/aromatic N) is 1. The fraction of sp³-hybridized carbons (Fsp3) is 0.304. The molecule has 2 rings (SSSR count). The number of carboxylic acid groups (broad SMARTS) is 1. The molecule has 2 aromatic carbocycles. The maximum absolute atomic E-state index is 11.0. The molecule has 152 valence electrons. The Bertz CT molecular complexity index is 881. The summed E-state index contributed by atoms with van der Waals surface area (Å²) in [5.41, 5.74) is 1.48. The Morgan fingerprint density at radius 3 is 2.38 bits per heavy atom. The van der Waals surface area contributed by atoms with Crippen LogP contribution in [0.25, 0.3) is 6.08 Å². The minimum atomic E-state index is -1.27. The molecule has 0 aliphatic heterocycles. The number of hydrogen-bond donors (Lipinski definition) is 1. The van der Waals surface area contributed by atoms with Crippen molar-refractivity contribution in [1.29, 1.82) is 5.26 Å². The molecule has 6 heteroatoms. The first-order valence-corrected chi connectivity index (χ1v) is 9.53. The van der Waals surface area contributed by atoms with Crippen molar-refractivity contribution < 1.29 is 24.1 Å². The second kappa shape index (κ2) is 11.4. The third kappa shape index (κ3) is 6.89. The number of hydrogen-bond acceptors (Lipinski definition) is 5. The predicted molar refractivity (Wildman–Crippen MR) is 110 cm³/mol. The number of aliphatic carboxylic acids is 1. The molecule has 0 unspecified atom stereocenters. The molecule has 0 spiro atoms. The van der Waals surface area contributed by atoms with Crippen LogP contribution in [0.1, 0.15) is 31.4 Å². The summed E-state index contributed by atoms with van der Waals surface area (Å²) in [6, 6.07) is 14.7. The van der Waals surface area contributed by atoms with Gasteiger partial charge < -0.3 is 19.3 Å². The Morgan fingerprint density at radius 1 is 1.03 bits per heavy atom. The van der Waals surface area contributed by atoms with Gasteiger partial charge in [0.1, 0.15) is 30.6 Å². The van der Waals surface area contributed by atoms with Crippen molar-refractivity contribution in [3.8, 4) is 23.3 Å². The lowest BCUT2D eigenvalue weighted by atomic mass is 10.1. The van der Waals surface area contributed by atoms with E-state index in [-0.39, 0.29) is 5.57 Å².